The van der Waals surface area contributed by atoms with Crippen molar-refractivity contribution in [2.45, 2.75) is 106 Å². The van der Waals surface area contributed by atoms with Gasteiger partial charge in [-0.1, -0.05) is 66.7 Å². The van der Waals surface area contributed by atoms with Crippen LogP contribution in [0.4, 0.5) is 13.2 Å². The van der Waals surface area contributed by atoms with Crippen LogP contribution in [0.3, 0.4) is 0 Å². The lowest BCUT2D eigenvalue weighted by atomic mass is 9.94. The van der Waals surface area contributed by atoms with Gasteiger partial charge in [0.15, 0.2) is 0 Å². The Labute approximate surface area is 479 Å². The van der Waals surface area contributed by atoms with Crippen molar-refractivity contribution in [1.29, 1.82) is 0 Å². The maximum Gasteiger partial charge on any atom is 0.399 e. The van der Waals surface area contributed by atoms with E-state index in [-0.39, 0.29) is 73.3 Å². The molecule has 10 rings (SSSR count). The average Bonchev–Trinajstić information content (AvgIpc) is 2.27. The number of hydrogen-bond donors (Lipinski definition) is 8. The predicted octanol–water partition coefficient (Wildman–Crippen LogP) is 3.67. The first-order valence-corrected chi connectivity index (χ1v) is 29.3. The third kappa shape index (κ3) is 12.4. The summed E-state index contributed by atoms with van der Waals surface area (Å²) in [6.07, 6.45) is 1.69. The number of aromatic amines is 1. The van der Waals surface area contributed by atoms with Gasteiger partial charge in [0, 0.05) is 61.5 Å². The van der Waals surface area contributed by atoms with E-state index in [1.54, 1.807) is 0 Å². The highest BCUT2D eigenvalue weighted by atomic mass is 31.2. The molecule has 5 aliphatic rings. The number of benzene rings is 4. The summed E-state index contributed by atoms with van der Waals surface area (Å²) < 4.78 is 56.9. The second kappa shape index (κ2) is 24.2. The lowest BCUT2D eigenvalue weighted by molar-refractivity contribution is -0.144. The quantitative estimate of drug-likeness (QED) is 0.0459. The summed E-state index contributed by atoms with van der Waals surface area (Å²) in [7, 11) is -5.93. The molecule has 0 bridgehead atoms. The normalized spacial score (nSPS) is 21.4. The highest BCUT2D eigenvalue weighted by Gasteiger charge is 2.51. The maximum atomic E-state index is 15.7. The Hall–Kier alpha value is -8.09. The van der Waals surface area contributed by atoms with Crippen LogP contribution >= 0.6 is 7.60 Å². The highest BCUT2D eigenvalue weighted by Crippen LogP contribution is 2.59. The number of nitrogens with one attached hydrogen (secondary N) is 5. The largest absolute Gasteiger partial charge is 0.399 e. The molecule has 0 saturated carbocycles. The van der Waals surface area contributed by atoms with Gasteiger partial charge in [-0.05, 0) is 111 Å². The van der Waals surface area contributed by atoms with Crippen LogP contribution in [0.15, 0.2) is 97.1 Å². The number of nitrogens with two attached hydrogens (primary N) is 1. The Kier molecular flexibility index (Phi) is 17.1. The van der Waals surface area contributed by atoms with Gasteiger partial charge in [-0.15, -0.1) is 0 Å². The minimum Gasteiger partial charge on any atom is -0.370 e. The molecule has 1 unspecified atom stereocenters. The minimum absolute atomic E-state index is 0.0224. The van der Waals surface area contributed by atoms with Crippen molar-refractivity contribution in [3.05, 3.63) is 142 Å². The zero-order valence-electron chi connectivity index (χ0n) is 45.3. The number of likely N-dealkylation sites (tertiary alicyclic amines) is 1. The van der Waals surface area contributed by atoms with Crippen LogP contribution < -0.4 is 27.0 Å². The third-order valence-corrected chi connectivity index (χ3v) is 17.5. The van der Waals surface area contributed by atoms with Crippen molar-refractivity contribution in [2.24, 2.45) is 11.7 Å². The van der Waals surface area contributed by atoms with E-state index in [9.17, 15) is 61.5 Å². The summed E-state index contributed by atoms with van der Waals surface area (Å²) in [5.41, 5.74) is 1.38. The highest BCUT2D eigenvalue weighted by molar-refractivity contribution is 7.52. The summed E-state index contributed by atoms with van der Waals surface area (Å²) >= 11 is 0. The molecule has 26 heteroatoms. The van der Waals surface area contributed by atoms with E-state index in [0.717, 1.165) is 29.3 Å². The summed E-state index contributed by atoms with van der Waals surface area (Å²) in [5, 5.41) is 10.8. The van der Waals surface area contributed by atoms with E-state index in [4.69, 9.17) is 5.73 Å². The van der Waals surface area contributed by atoms with Gasteiger partial charge in [0.2, 0.25) is 35.4 Å². The number of imide groups is 2. The Morgan fingerprint density at radius 2 is 1.48 bits per heavy atom. The van der Waals surface area contributed by atoms with E-state index < -0.39 is 120 Å². The molecule has 5 atom stereocenters. The van der Waals surface area contributed by atoms with E-state index in [2.05, 4.69) is 36.1 Å². The molecule has 4 saturated heterocycles. The Balaban J connectivity index is 0.851. The van der Waals surface area contributed by atoms with Gasteiger partial charge in [0.05, 0.1) is 17.2 Å². The molecule has 1 aromatic heterocycles. The van der Waals surface area contributed by atoms with E-state index in [1.165, 1.54) is 23.1 Å². The average molecular weight is 1180 g/mol. The van der Waals surface area contributed by atoms with Gasteiger partial charge < -0.3 is 46.3 Å². The maximum absolute atomic E-state index is 15.7. The predicted molar refractivity (Wildman–Crippen MR) is 295 cm³/mol. The zero-order chi connectivity index (χ0) is 59.8. The first-order valence-electron chi connectivity index (χ1n) is 27.7. The number of nitrogens with zero attached hydrogens (tertiary/aromatic N) is 4. The zero-order valence-corrected chi connectivity index (χ0v) is 46.2. The van der Waals surface area contributed by atoms with Gasteiger partial charge in [-0.25, -0.2) is 4.39 Å². The fraction of sp³-hybridized carbons (Fsp3) is 0.397. The number of rotatable bonds is 18. The molecular formula is C58H62F3N10O12P. The molecule has 5 aliphatic heterocycles. The van der Waals surface area contributed by atoms with Crippen LogP contribution in [0.5, 0.6) is 0 Å². The number of halogens is 3. The number of piperidine rings is 2. The lowest BCUT2D eigenvalue weighted by Crippen LogP contribution is -2.61. The Morgan fingerprint density at radius 1 is 0.798 bits per heavy atom. The number of amides is 9. The van der Waals surface area contributed by atoms with Gasteiger partial charge in [-0.2, -0.15) is 8.78 Å². The van der Waals surface area contributed by atoms with Crippen molar-refractivity contribution in [2.75, 3.05) is 32.7 Å². The summed E-state index contributed by atoms with van der Waals surface area (Å²) in [5.74, 6) is -7.39. The monoisotopic (exact) mass is 1180 g/mol. The van der Waals surface area contributed by atoms with Crippen LogP contribution in [0, 0.1) is 11.7 Å². The van der Waals surface area contributed by atoms with Crippen molar-refractivity contribution >= 4 is 71.7 Å². The number of aromatic nitrogens is 1. The van der Waals surface area contributed by atoms with E-state index >= 15 is 9.18 Å². The summed E-state index contributed by atoms with van der Waals surface area (Å²) in [4.78, 5) is 150. The fourth-order valence-corrected chi connectivity index (χ4v) is 12.7. The molecule has 9 amide bonds. The summed E-state index contributed by atoms with van der Waals surface area (Å²) in [6, 6.07) is 18.9. The van der Waals surface area contributed by atoms with Gasteiger partial charge in [0.1, 0.15) is 35.7 Å². The van der Waals surface area contributed by atoms with Gasteiger partial charge in [0.25, 0.3) is 17.7 Å². The van der Waals surface area contributed by atoms with Gasteiger partial charge >= 0.3 is 13.3 Å². The molecule has 442 valence electrons. The molecule has 0 spiro atoms. The van der Waals surface area contributed by atoms with Crippen molar-refractivity contribution in [3.8, 4) is 0 Å². The number of H-pyrrole nitrogens is 1. The van der Waals surface area contributed by atoms with Crippen LogP contribution in [0.2, 0.25) is 0 Å². The fourth-order valence-electron chi connectivity index (χ4n) is 12.2. The second-order valence-corrected chi connectivity index (χ2v) is 23.8. The van der Waals surface area contributed by atoms with Crippen LogP contribution in [-0.4, -0.2) is 150 Å². The number of fused-ring (bicyclic) bond motifs is 3. The van der Waals surface area contributed by atoms with E-state index in [0.29, 0.717) is 62.3 Å². The molecular weight excluding hydrogens is 1120 g/mol. The molecule has 4 fully saturated rings. The first-order chi connectivity index (χ1) is 40.0. The van der Waals surface area contributed by atoms with Crippen LogP contribution in [0.1, 0.15) is 117 Å². The number of carbonyl (C=O) groups is 9. The number of hydrogen-bond acceptors (Lipinski definition) is 12. The van der Waals surface area contributed by atoms with E-state index in [1.807, 2.05) is 60.7 Å². The first kappa shape index (κ1) is 59.1. The van der Waals surface area contributed by atoms with Crippen molar-refractivity contribution < 1.29 is 70.7 Å². The lowest BCUT2D eigenvalue weighted by Gasteiger charge is -2.40. The molecule has 9 N–H and O–H groups in total. The smallest absolute Gasteiger partial charge is 0.370 e. The Morgan fingerprint density at radius 3 is 2.13 bits per heavy atom. The molecule has 5 aromatic rings. The topological polar surface area (TPSA) is 314 Å². The molecule has 6 heterocycles. The number of primary amides is 1. The molecule has 4 aromatic carbocycles. The second-order valence-electron chi connectivity index (χ2n) is 22.1. The van der Waals surface area contributed by atoms with Crippen molar-refractivity contribution in [1.82, 2.24) is 45.9 Å². The SMILES string of the molecule is NC(=O)CC[C@H](NC(=O)[C@@H]1CC[C@@H]2CCN(CC3CCN(Cc4cc(F)c5c(c4)C(=O)N(C4CCC(=O)NC4=O)C5=O)CC3)C[C@H](NC(=O)c3cc4cc(C(F)(F)P(=O)(O)O)ccc4[nH]3)C(=O)N21)C(=O)NC(c1ccccc1)c1ccccc1. The van der Waals surface area contributed by atoms with Crippen LogP contribution in [-0.2, 0) is 45.5 Å². The molecule has 0 aliphatic carbocycles. The minimum atomic E-state index is -5.93. The van der Waals surface area contributed by atoms with Crippen LogP contribution in [0.25, 0.3) is 10.9 Å². The number of alkyl halides is 2. The van der Waals surface area contributed by atoms with Crippen molar-refractivity contribution in [3.63, 3.8) is 0 Å². The molecule has 0 radical (unpaired) electrons. The molecule has 22 nitrogen and oxygen atoms in total. The standard InChI is InChI=1S/C58H62F3N10O12P/c59-40-26-33(25-39-49(40)57(80)71(55(39)78)46-16-18-48(73)66-54(46)77)30-68-22-19-32(20-23-68)29-69-24-21-38-12-15-45(53(76)64-42(14-17-47(62)72)51(74)67-50(34-7-3-1-4-8-34)35-9-5-2-6-10-35)70(38)56(79)44(31-69)65-52(75)43-28-36-27-37(11-13-41(36)63-43)58(60,61)84(81,82)83/h1-11,13,25-28,32,38,42,44-46,50,63H,12,14-24,29-31H2,(H2,62,72)(H,64,76)(H,65,75)(H,67,74)(H,66,73,77)(H2,81,82,83)/t38-,42+,44+,45+,46?/m1/s1. The Bertz CT molecular complexity index is 3450. The third-order valence-electron chi connectivity index (χ3n) is 16.5. The summed E-state index contributed by atoms with van der Waals surface area (Å²) in [6.45, 7) is 2.16. The molecule has 84 heavy (non-hydrogen) atoms. The number of carbonyl (C=O) groups excluding carboxylic acids is 9. The van der Waals surface area contributed by atoms with Gasteiger partial charge in [-0.3, -0.25) is 62.8 Å².